The van der Waals surface area contributed by atoms with Gasteiger partial charge >= 0.3 is 0 Å². The van der Waals surface area contributed by atoms with Crippen LogP contribution in [0.5, 0.6) is 0 Å². The molecule has 100 valence electrons. The summed E-state index contributed by atoms with van der Waals surface area (Å²) in [4.78, 5) is 12.1. The fourth-order valence-electron chi connectivity index (χ4n) is 2.41. The molecule has 2 aliphatic rings. The molecule has 0 saturated heterocycles. The SMILES string of the molecule is O=C(NC1C=CS(=O)(=O)C1)[C@@H]1Cc2ccccc2N1. The summed E-state index contributed by atoms with van der Waals surface area (Å²) in [6.45, 7) is 0. The quantitative estimate of drug-likeness (QED) is 0.823. The number of carbonyl (C=O) groups excluding carboxylic acids is 1. The largest absolute Gasteiger partial charge is 0.373 e. The summed E-state index contributed by atoms with van der Waals surface area (Å²) in [6.07, 6.45) is 2.15. The number of anilines is 1. The van der Waals surface area contributed by atoms with Gasteiger partial charge in [0.2, 0.25) is 5.91 Å². The summed E-state index contributed by atoms with van der Waals surface area (Å²) < 4.78 is 22.5. The molecule has 19 heavy (non-hydrogen) atoms. The van der Waals surface area contributed by atoms with E-state index in [0.717, 1.165) is 16.7 Å². The van der Waals surface area contributed by atoms with E-state index in [9.17, 15) is 13.2 Å². The van der Waals surface area contributed by atoms with Crippen molar-refractivity contribution in [2.24, 2.45) is 0 Å². The molecule has 2 heterocycles. The van der Waals surface area contributed by atoms with E-state index in [1.54, 1.807) is 0 Å². The first-order chi connectivity index (χ1) is 9.03. The zero-order valence-electron chi connectivity index (χ0n) is 10.2. The molecule has 5 nitrogen and oxygen atoms in total. The fourth-order valence-corrected chi connectivity index (χ4v) is 3.64. The molecule has 0 spiro atoms. The van der Waals surface area contributed by atoms with Crippen molar-refractivity contribution in [3.05, 3.63) is 41.3 Å². The number of hydrogen-bond donors (Lipinski definition) is 2. The van der Waals surface area contributed by atoms with Crippen molar-refractivity contribution in [1.82, 2.24) is 5.32 Å². The molecule has 0 radical (unpaired) electrons. The Kier molecular flexibility index (Phi) is 2.82. The number of fused-ring (bicyclic) bond motifs is 1. The van der Waals surface area contributed by atoms with E-state index < -0.39 is 15.9 Å². The van der Waals surface area contributed by atoms with Crippen LogP contribution >= 0.6 is 0 Å². The molecule has 3 rings (SSSR count). The van der Waals surface area contributed by atoms with Gasteiger partial charge in [0.05, 0.1) is 11.8 Å². The van der Waals surface area contributed by atoms with Gasteiger partial charge in [0.25, 0.3) is 0 Å². The summed E-state index contributed by atoms with van der Waals surface area (Å²) in [6, 6.07) is 7.03. The van der Waals surface area contributed by atoms with Gasteiger partial charge in [0.15, 0.2) is 9.84 Å². The second kappa shape index (κ2) is 4.38. The first kappa shape index (κ1) is 12.2. The molecular weight excluding hydrogens is 264 g/mol. The molecule has 2 aliphatic heterocycles. The standard InChI is InChI=1S/C13H14N2O3S/c16-13(14-10-5-6-19(17,18)8-10)12-7-9-3-1-2-4-11(9)15-12/h1-6,10,12,15H,7-8H2,(H,14,16)/t10?,12-/m0/s1. The highest BCUT2D eigenvalue weighted by Gasteiger charge is 2.29. The Labute approximate surface area is 111 Å². The number of hydrogen-bond acceptors (Lipinski definition) is 4. The van der Waals surface area contributed by atoms with Gasteiger partial charge in [0.1, 0.15) is 6.04 Å². The summed E-state index contributed by atoms with van der Waals surface area (Å²) in [5.74, 6) is -0.207. The molecule has 0 saturated carbocycles. The van der Waals surface area contributed by atoms with E-state index in [1.165, 1.54) is 6.08 Å². The van der Waals surface area contributed by atoms with Crippen LogP contribution in [0.1, 0.15) is 5.56 Å². The second-order valence-electron chi connectivity index (χ2n) is 4.83. The maximum Gasteiger partial charge on any atom is 0.243 e. The predicted octanol–water partition coefficient (Wildman–Crippen LogP) is 0.450. The van der Waals surface area contributed by atoms with Crippen molar-refractivity contribution in [3.8, 4) is 0 Å². The first-order valence-corrected chi connectivity index (χ1v) is 7.81. The minimum Gasteiger partial charge on any atom is -0.373 e. The van der Waals surface area contributed by atoms with Gasteiger partial charge in [-0.3, -0.25) is 4.79 Å². The molecule has 1 unspecified atom stereocenters. The third kappa shape index (κ3) is 2.49. The van der Waals surface area contributed by atoms with E-state index in [-0.39, 0.29) is 17.7 Å². The molecule has 1 aromatic carbocycles. The normalized spacial score (nSPS) is 26.7. The Hall–Kier alpha value is -1.82. The summed E-state index contributed by atoms with van der Waals surface area (Å²) in [5, 5.41) is 7.05. The van der Waals surface area contributed by atoms with Crippen LogP contribution in [-0.4, -0.2) is 32.2 Å². The van der Waals surface area contributed by atoms with E-state index >= 15 is 0 Å². The van der Waals surface area contributed by atoms with Crippen LogP contribution in [0.3, 0.4) is 0 Å². The molecule has 0 aliphatic carbocycles. The smallest absolute Gasteiger partial charge is 0.243 e. The zero-order valence-corrected chi connectivity index (χ0v) is 11.0. The van der Waals surface area contributed by atoms with Gasteiger partial charge < -0.3 is 10.6 Å². The topological polar surface area (TPSA) is 75.3 Å². The van der Waals surface area contributed by atoms with Crippen LogP contribution in [0.25, 0.3) is 0 Å². The lowest BCUT2D eigenvalue weighted by Crippen LogP contribution is -2.44. The minimum absolute atomic E-state index is 0.0432. The highest BCUT2D eigenvalue weighted by Crippen LogP contribution is 2.25. The number of rotatable bonds is 2. The van der Waals surface area contributed by atoms with Crippen LogP contribution in [-0.2, 0) is 21.1 Å². The molecule has 2 atom stereocenters. The van der Waals surface area contributed by atoms with Gasteiger partial charge in [-0.05, 0) is 17.7 Å². The maximum atomic E-state index is 12.1. The Bertz CT molecular complexity index is 627. The minimum atomic E-state index is -3.13. The van der Waals surface area contributed by atoms with E-state index in [4.69, 9.17) is 0 Å². The fraction of sp³-hybridized carbons (Fsp3) is 0.308. The molecule has 0 aromatic heterocycles. The number of benzene rings is 1. The molecule has 0 fully saturated rings. The second-order valence-corrected chi connectivity index (χ2v) is 6.76. The number of sulfone groups is 1. The van der Waals surface area contributed by atoms with Crippen molar-refractivity contribution in [2.45, 2.75) is 18.5 Å². The predicted molar refractivity (Wildman–Crippen MR) is 72.4 cm³/mol. The molecule has 1 aromatic rings. The first-order valence-electron chi connectivity index (χ1n) is 6.09. The van der Waals surface area contributed by atoms with Gasteiger partial charge in [-0.15, -0.1) is 0 Å². The van der Waals surface area contributed by atoms with E-state index in [1.807, 2.05) is 24.3 Å². The number of amides is 1. The maximum absolute atomic E-state index is 12.1. The average molecular weight is 278 g/mol. The summed E-state index contributed by atoms with van der Waals surface area (Å²) >= 11 is 0. The van der Waals surface area contributed by atoms with Crippen molar-refractivity contribution < 1.29 is 13.2 Å². The van der Waals surface area contributed by atoms with Crippen LogP contribution in [0.2, 0.25) is 0 Å². The Morgan fingerprint density at radius 1 is 1.32 bits per heavy atom. The Morgan fingerprint density at radius 3 is 2.79 bits per heavy atom. The lowest BCUT2D eigenvalue weighted by Gasteiger charge is -2.15. The van der Waals surface area contributed by atoms with Crippen molar-refractivity contribution in [2.75, 3.05) is 11.1 Å². The van der Waals surface area contributed by atoms with Gasteiger partial charge in [-0.25, -0.2) is 8.42 Å². The van der Waals surface area contributed by atoms with Crippen LogP contribution < -0.4 is 10.6 Å². The van der Waals surface area contributed by atoms with Crippen molar-refractivity contribution in [1.29, 1.82) is 0 Å². The third-order valence-corrected chi connectivity index (χ3v) is 4.74. The van der Waals surface area contributed by atoms with E-state index in [2.05, 4.69) is 10.6 Å². The summed E-state index contributed by atoms with van der Waals surface area (Å²) in [5.41, 5.74) is 2.08. The molecule has 2 N–H and O–H groups in total. The van der Waals surface area contributed by atoms with Crippen LogP contribution in [0.4, 0.5) is 5.69 Å². The van der Waals surface area contributed by atoms with Crippen LogP contribution in [0.15, 0.2) is 35.7 Å². The number of nitrogens with one attached hydrogen (secondary N) is 2. The highest BCUT2D eigenvalue weighted by atomic mass is 32.2. The van der Waals surface area contributed by atoms with Crippen LogP contribution in [0, 0.1) is 0 Å². The lowest BCUT2D eigenvalue weighted by molar-refractivity contribution is -0.122. The molecule has 0 bridgehead atoms. The third-order valence-electron chi connectivity index (χ3n) is 3.35. The molecular formula is C13H14N2O3S. The molecule has 1 amide bonds. The molecule has 6 heteroatoms. The van der Waals surface area contributed by atoms with Gasteiger partial charge in [0, 0.05) is 17.5 Å². The average Bonchev–Trinajstić information content (AvgIpc) is 2.92. The van der Waals surface area contributed by atoms with Gasteiger partial charge in [-0.2, -0.15) is 0 Å². The van der Waals surface area contributed by atoms with Crippen molar-refractivity contribution >= 4 is 21.4 Å². The Balaban J connectivity index is 1.63. The Morgan fingerprint density at radius 2 is 2.11 bits per heavy atom. The lowest BCUT2D eigenvalue weighted by atomic mass is 10.1. The zero-order chi connectivity index (χ0) is 13.5. The monoisotopic (exact) mass is 278 g/mol. The number of para-hydroxylation sites is 1. The number of carbonyl (C=O) groups is 1. The van der Waals surface area contributed by atoms with E-state index in [0.29, 0.717) is 6.42 Å². The highest BCUT2D eigenvalue weighted by molar-refractivity contribution is 7.94. The summed E-state index contributed by atoms with van der Waals surface area (Å²) in [7, 11) is -3.13. The van der Waals surface area contributed by atoms with Crippen molar-refractivity contribution in [3.63, 3.8) is 0 Å². The van der Waals surface area contributed by atoms with Gasteiger partial charge in [-0.1, -0.05) is 18.2 Å².